The third kappa shape index (κ3) is 4.22. The van der Waals surface area contributed by atoms with Crippen molar-refractivity contribution in [1.82, 2.24) is 14.1 Å². The van der Waals surface area contributed by atoms with Crippen LogP contribution in [0.5, 0.6) is 5.75 Å². The van der Waals surface area contributed by atoms with Crippen LogP contribution in [0.25, 0.3) is 20.3 Å². The van der Waals surface area contributed by atoms with Crippen LogP contribution in [0.1, 0.15) is 11.1 Å². The first kappa shape index (κ1) is 22.5. The van der Waals surface area contributed by atoms with Gasteiger partial charge in [0.15, 0.2) is 0 Å². The van der Waals surface area contributed by atoms with Gasteiger partial charge in [0, 0.05) is 22.5 Å². The molecule has 5 aromatic rings. The lowest BCUT2D eigenvalue weighted by molar-refractivity contribution is -0.116. The van der Waals surface area contributed by atoms with E-state index < -0.39 is 11.6 Å². The molecular formula is C26H22N4O4S. The predicted octanol–water partition coefficient (Wildman–Crippen LogP) is 3.78. The van der Waals surface area contributed by atoms with E-state index in [-0.39, 0.29) is 18.6 Å². The summed E-state index contributed by atoms with van der Waals surface area (Å²) >= 11 is 1.31. The highest BCUT2D eigenvalue weighted by atomic mass is 32.1. The van der Waals surface area contributed by atoms with E-state index in [4.69, 9.17) is 4.74 Å². The SMILES string of the molecule is COc1cc(C)ccc1NC(=O)Cn1c(=O)n(Cc2cccnc2)c(=O)c2sc3ccccc3c21. The van der Waals surface area contributed by atoms with E-state index >= 15 is 0 Å². The van der Waals surface area contributed by atoms with Crippen molar-refractivity contribution in [2.75, 3.05) is 12.4 Å². The van der Waals surface area contributed by atoms with Crippen molar-refractivity contribution in [3.05, 3.63) is 99.0 Å². The molecule has 5 rings (SSSR count). The Hall–Kier alpha value is -4.24. The van der Waals surface area contributed by atoms with Gasteiger partial charge in [-0.3, -0.25) is 23.7 Å². The van der Waals surface area contributed by atoms with Crippen LogP contribution < -0.4 is 21.3 Å². The maximum Gasteiger partial charge on any atom is 0.332 e. The molecule has 0 aliphatic rings. The van der Waals surface area contributed by atoms with E-state index in [9.17, 15) is 14.4 Å². The third-order valence-corrected chi connectivity index (χ3v) is 6.88. The van der Waals surface area contributed by atoms with E-state index in [2.05, 4.69) is 10.3 Å². The summed E-state index contributed by atoms with van der Waals surface area (Å²) < 4.78 is 9.22. The van der Waals surface area contributed by atoms with Gasteiger partial charge in [-0.25, -0.2) is 4.79 Å². The van der Waals surface area contributed by atoms with Crippen LogP contribution in [0.15, 0.2) is 76.6 Å². The second-order valence-corrected chi connectivity index (χ2v) is 9.20. The molecule has 0 unspecified atom stereocenters. The second-order valence-electron chi connectivity index (χ2n) is 8.15. The van der Waals surface area contributed by atoms with Crippen LogP contribution in [0.2, 0.25) is 0 Å². The summed E-state index contributed by atoms with van der Waals surface area (Å²) in [5, 5.41) is 3.60. The number of hydrogen-bond acceptors (Lipinski definition) is 6. The molecule has 0 atom stereocenters. The monoisotopic (exact) mass is 486 g/mol. The molecule has 176 valence electrons. The first-order chi connectivity index (χ1) is 17.0. The minimum atomic E-state index is -0.555. The van der Waals surface area contributed by atoms with Crippen LogP contribution in [0, 0.1) is 6.92 Å². The van der Waals surface area contributed by atoms with Gasteiger partial charge in [0.1, 0.15) is 17.0 Å². The van der Waals surface area contributed by atoms with Crippen molar-refractivity contribution >= 4 is 43.2 Å². The van der Waals surface area contributed by atoms with Gasteiger partial charge in [-0.1, -0.05) is 30.3 Å². The molecule has 0 saturated heterocycles. The lowest BCUT2D eigenvalue weighted by atomic mass is 10.2. The molecule has 0 saturated carbocycles. The zero-order valence-corrected chi connectivity index (χ0v) is 20.0. The van der Waals surface area contributed by atoms with Crippen LogP contribution in [0.4, 0.5) is 5.69 Å². The smallest absolute Gasteiger partial charge is 0.332 e. The second kappa shape index (κ2) is 9.19. The Bertz CT molecular complexity index is 1690. The van der Waals surface area contributed by atoms with E-state index in [0.29, 0.717) is 27.2 Å². The van der Waals surface area contributed by atoms with Gasteiger partial charge in [0.05, 0.1) is 24.9 Å². The number of nitrogens with one attached hydrogen (secondary N) is 1. The number of aromatic nitrogens is 3. The number of nitrogens with zero attached hydrogens (tertiary/aromatic N) is 3. The summed E-state index contributed by atoms with van der Waals surface area (Å²) in [4.78, 5) is 44.2. The van der Waals surface area contributed by atoms with E-state index in [1.807, 2.05) is 43.3 Å². The Morgan fingerprint density at radius 1 is 1.09 bits per heavy atom. The van der Waals surface area contributed by atoms with Crippen LogP contribution in [-0.2, 0) is 17.9 Å². The highest BCUT2D eigenvalue weighted by molar-refractivity contribution is 7.25. The Labute approximate surface area is 204 Å². The molecule has 0 aliphatic heterocycles. The highest BCUT2D eigenvalue weighted by Crippen LogP contribution is 2.31. The van der Waals surface area contributed by atoms with Crippen molar-refractivity contribution in [2.45, 2.75) is 20.0 Å². The zero-order valence-electron chi connectivity index (χ0n) is 19.1. The normalized spacial score (nSPS) is 11.1. The molecular weight excluding hydrogens is 464 g/mol. The average Bonchev–Trinajstić information content (AvgIpc) is 3.26. The fraction of sp³-hybridized carbons (Fsp3) is 0.154. The number of fused-ring (bicyclic) bond motifs is 3. The Morgan fingerprint density at radius 2 is 1.91 bits per heavy atom. The summed E-state index contributed by atoms with van der Waals surface area (Å²) in [6, 6.07) is 16.5. The van der Waals surface area contributed by atoms with Crippen LogP contribution in [-0.4, -0.2) is 27.1 Å². The number of methoxy groups -OCH3 is 1. The minimum absolute atomic E-state index is 0.0586. The van der Waals surface area contributed by atoms with Gasteiger partial charge in [-0.05, 0) is 42.3 Å². The number of anilines is 1. The van der Waals surface area contributed by atoms with Crippen molar-refractivity contribution in [1.29, 1.82) is 0 Å². The maximum atomic E-state index is 13.6. The fourth-order valence-electron chi connectivity index (χ4n) is 4.09. The summed E-state index contributed by atoms with van der Waals surface area (Å²) in [6.07, 6.45) is 3.24. The number of thiophene rings is 1. The van der Waals surface area contributed by atoms with Crippen LogP contribution >= 0.6 is 11.3 Å². The van der Waals surface area contributed by atoms with Gasteiger partial charge >= 0.3 is 5.69 Å². The van der Waals surface area contributed by atoms with Crippen LogP contribution in [0.3, 0.4) is 0 Å². The van der Waals surface area contributed by atoms with E-state index in [1.54, 1.807) is 30.6 Å². The number of aryl methyl sites for hydroxylation is 1. The number of carbonyl (C=O) groups is 1. The van der Waals surface area contributed by atoms with Crippen molar-refractivity contribution in [3.63, 3.8) is 0 Å². The number of carbonyl (C=O) groups excluding carboxylic acids is 1. The molecule has 1 N–H and O–H groups in total. The third-order valence-electron chi connectivity index (χ3n) is 5.74. The quantitative estimate of drug-likeness (QED) is 0.394. The summed E-state index contributed by atoms with van der Waals surface area (Å²) in [5.74, 6) is 0.121. The van der Waals surface area contributed by atoms with Gasteiger partial charge < -0.3 is 10.1 Å². The first-order valence-corrected chi connectivity index (χ1v) is 11.8. The summed E-state index contributed by atoms with van der Waals surface area (Å²) in [5.41, 5.74) is 1.74. The first-order valence-electron chi connectivity index (χ1n) is 10.9. The molecule has 3 aromatic heterocycles. The number of benzene rings is 2. The molecule has 0 spiro atoms. The molecule has 9 heteroatoms. The Balaban J connectivity index is 1.64. The lowest BCUT2D eigenvalue weighted by Crippen LogP contribution is -2.41. The topological polar surface area (TPSA) is 95.2 Å². The van der Waals surface area contributed by atoms with Crippen molar-refractivity contribution in [3.8, 4) is 5.75 Å². The molecule has 0 radical (unpaired) electrons. The summed E-state index contributed by atoms with van der Waals surface area (Å²) in [7, 11) is 1.53. The van der Waals surface area contributed by atoms with Gasteiger partial charge in [0.2, 0.25) is 5.91 Å². The average molecular weight is 487 g/mol. The Kier molecular flexibility index (Phi) is 5.92. The van der Waals surface area contributed by atoms with E-state index in [0.717, 1.165) is 20.2 Å². The maximum absolute atomic E-state index is 13.6. The number of ether oxygens (including phenoxy) is 1. The highest BCUT2D eigenvalue weighted by Gasteiger charge is 2.20. The largest absolute Gasteiger partial charge is 0.495 e. The summed E-state index contributed by atoms with van der Waals surface area (Å²) in [6.45, 7) is 1.72. The predicted molar refractivity (Wildman–Crippen MR) is 138 cm³/mol. The number of pyridine rings is 1. The molecule has 3 heterocycles. The number of hydrogen-bond donors (Lipinski definition) is 1. The minimum Gasteiger partial charge on any atom is -0.495 e. The molecule has 0 fully saturated rings. The standard InChI is InChI=1S/C26H22N4O4S/c1-16-9-10-19(20(12-16)34-2)28-22(31)15-29-23-18-7-3-4-8-21(18)35-24(23)25(32)30(26(29)33)14-17-6-5-11-27-13-17/h3-13H,14-15H2,1-2H3,(H,28,31). The number of rotatable bonds is 6. The fourth-order valence-corrected chi connectivity index (χ4v) is 5.25. The van der Waals surface area contributed by atoms with Crippen molar-refractivity contribution < 1.29 is 9.53 Å². The zero-order chi connectivity index (χ0) is 24.5. The van der Waals surface area contributed by atoms with Crippen molar-refractivity contribution in [2.24, 2.45) is 0 Å². The molecule has 1 amide bonds. The van der Waals surface area contributed by atoms with Gasteiger partial charge in [0.25, 0.3) is 5.56 Å². The molecule has 0 aliphatic carbocycles. The molecule has 8 nitrogen and oxygen atoms in total. The molecule has 0 bridgehead atoms. The van der Waals surface area contributed by atoms with E-state index in [1.165, 1.54) is 23.0 Å². The molecule has 35 heavy (non-hydrogen) atoms. The Morgan fingerprint density at radius 3 is 2.69 bits per heavy atom. The van der Waals surface area contributed by atoms with Gasteiger partial charge in [-0.15, -0.1) is 11.3 Å². The number of amides is 1. The molecule has 2 aromatic carbocycles. The lowest BCUT2D eigenvalue weighted by Gasteiger charge is -2.14. The van der Waals surface area contributed by atoms with Gasteiger partial charge in [-0.2, -0.15) is 0 Å².